The Hall–Kier alpha value is -3.36. The number of carbonyl (C=O) groups is 1. The Labute approximate surface area is 195 Å². The van der Waals surface area contributed by atoms with Crippen molar-refractivity contribution in [1.29, 1.82) is 0 Å². The highest BCUT2D eigenvalue weighted by Gasteiger charge is 2.22. The second kappa shape index (κ2) is 9.25. The maximum Gasteiger partial charge on any atom is 0.275 e. The Kier molecular flexibility index (Phi) is 6.02. The van der Waals surface area contributed by atoms with E-state index >= 15 is 0 Å². The van der Waals surface area contributed by atoms with Gasteiger partial charge in [0.2, 0.25) is 10.9 Å². The van der Waals surface area contributed by atoms with Crippen LogP contribution in [0.3, 0.4) is 0 Å². The van der Waals surface area contributed by atoms with Crippen molar-refractivity contribution in [3.8, 4) is 10.6 Å². The van der Waals surface area contributed by atoms with E-state index in [4.69, 9.17) is 4.98 Å². The average Bonchev–Trinajstić information content (AvgIpc) is 3.25. The van der Waals surface area contributed by atoms with Crippen molar-refractivity contribution in [2.45, 2.75) is 19.9 Å². The fourth-order valence-corrected chi connectivity index (χ4v) is 5.02. The minimum atomic E-state index is -0.165. The topological polar surface area (TPSA) is 70.8 Å². The van der Waals surface area contributed by atoms with E-state index in [-0.39, 0.29) is 11.5 Å². The Bertz CT molecular complexity index is 1340. The summed E-state index contributed by atoms with van der Waals surface area (Å²) < 4.78 is 1.38. The Morgan fingerprint density at radius 1 is 1.00 bits per heavy atom. The molecule has 2 aromatic heterocycles. The predicted octanol–water partition coefficient (Wildman–Crippen LogP) is 3.01. The first-order valence-electron chi connectivity index (χ1n) is 11.1. The zero-order valence-corrected chi connectivity index (χ0v) is 19.3. The lowest BCUT2D eigenvalue weighted by molar-refractivity contribution is -0.132. The van der Waals surface area contributed by atoms with Gasteiger partial charge in [-0.3, -0.25) is 14.5 Å². The van der Waals surface area contributed by atoms with Crippen molar-refractivity contribution in [2.24, 2.45) is 0 Å². The molecule has 0 spiro atoms. The molecule has 1 saturated heterocycles. The number of fused-ring (bicyclic) bond motifs is 1. The summed E-state index contributed by atoms with van der Waals surface area (Å²) >= 11 is 1.42. The smallest absolute Gasteiger partial charge is 0.275 e. The molecule has 7 nitrogen and oxygen atoms in total. The fourth-order valence-electron chi connectivity index (χ4n) is 4.10. The van der Waals surface area contributed by atoms with Gasteiger partial charge < -0.3 is 4.90 Å². The number of nitrogens with zero attached hydrogens (tertiary/aromatic N) is 5. The average molecular weight is 460 g/mol. The first-order valence-corrected chi connectivity index (χ1v) is 11.9. The van der Waals surface area contributed by atoms with Crippen LogP contribution in [-0.4, -0.2) is 56.5 Å². The van der Waals surface area contributed by atoms with Crippen molar-refractivity contribution in [3.63, 3.8) is 0 Å². The number of rotatable bonds is 5. The van der Waals surface area contributed by atoms with Crippen molar-refractivity contribution >= 4 is 22.2 Å². The summed E-state index contributed by atoms with van der Waals surface area (Å²) in [6, 6.07) is 19.5. The molecule has 1 amide bonds. The zero-order valence-electron chi connectivity index (χ0n) is 18.5. The molecular formula is C25H25N5O2S. The number of amides is 1. The van der Waals surface area contributed by atoms with Gasteiger partial charge in [0.15, 0.2) is 0 Å². The lowest BCUT2D eigenvalue weighted by Gasteiger charge is -2.34. The number of aryl methyl sites for hydroxylation is 1. The Morgan fingerprint density at radius 2 is 1.79 bits per heavy atom. The number of piperazine rings is 1. The molecule has 0 radical (unpaired) electrons. The molecule has 0 unspecified atom stereocenters. The number of carbonyl (C=O) groups excluding carboxylic acids is 1. The minimum absolute atomic E-state index is 0.159. The van der Waals surface area contributed by atoms with E-state index in [1.807, 2.05) is 60.4 Å². The second-order valence-corrected chi connectivity index (χ2v) is 9.33. The summed E-state index contributed by atoms with van der Waals surface area (Å²) in [4.78, 5) is 34.7. The van der Waals surface area contributed by atoms with Crippen LogP contribution in [0.1, 0.15) is 16.8 Å². The highest BCUT2D eigenvalue weighted by molar-refractivity contribution is 7.19. The number of hydrogen-bond donors (Lipinski definition) is 0. The minimum Gasteiger partial charge on any atom is -0.340 e. The monoisotopic (exact) mass is 459 g/mol. The van der Waals surface area contributed by atoms with E-state index < -0.39 is 0 Å². The number of hydrogen-bond acceptors (Lipinski definition) is 6. The molecule has 0 aliphatic carbocycles. The standard InChI is InChI=1S/C25H25N5O2S/c1-18-6-5-9-20(14-18)24-27-30-23(32)16-21(26-25(30)33-24)17-28-10-12-29(13-11-28)22(31)15-19-7-3-2-4-8-19/h2-9,14,16H,10-13,15,17H2,1H3. The molecule has 1 aliphatic rings. The molecular weight excluding hydrogens is 434 g/mol. The maximum atomic E-state index is 12.7. The van der Waals surface area contributed by atoms with Crippen LogP contribution >= 0.6 is 11.3 Å². The maximum absolute atomic E-state index is 12.7. The van der Waals surface area contributed by atoms with Crippen LogP contribution in [0, 0.1) is 6.92 Å². The molecule has 168 valence electrons. The van der Waals surface area contributed by atoms with Crippen LogP contribution in [0.2, 0.25) is 0 Å². The quantitative estimate of drug-likeness (QED) is 0.459. The van der Waals surface area contributed by atoms with Gasteiger partial charge in [0.1, 0.15) is 5.01 Å². The molecule has 2 aromatic carbocycles. The second-order valence-electron chi connectivity index (χ2n) is 8.38. The fraction of sp³-hybridized carbons (Fsp3) is 0.280. The van der Waals surface area contributed by atoms with Gasteiger partial charge in [-0.05, 0) is 18.6 Å². The highest BCUT2D eigenvalue weighted by atomic mass is 32.1. The van der Waals surface area contributed by atoms with Crippen LogP contribution < -0.4 is 5.56 Å². The molecule has 1 fully saturated rings. The van der Waals surface area contributed by atoms with E-state index in [9.17, 15) is 9.59 Å². The molecule has 1 aliphatic heterocycles. The molecule has 0 saturated carbocycles. The van der Waals surface area contributed by atoms with Crippen LogP contribution in [0.4, 0.5) is 0 Å². The molecule has 5 rings (SSSR count). The number of aromatic nitrogens is 3. The lowest BCUT2D eigenvalue weighted by atomic mass is 10.1. The van der Waals surface area contributed by atoms with Gasteiger partial charge in [-0.1, -0.05) is 65.4 Å². The van der Waals surface area contributed by atoms with E-state index in [0.29, 0.717) is 31.0 Å². The molecule has 4 aromatic rings. The van der Waals surface area contributed by atoms with Crippen LogP contribution in [0.5, 0.6) is 0 Å². The van der Waals surface area contributed by atoms with Gasteiger partial charge in [0, 0.05) is 44.4 Å². The molecule has 0 atom stereocenters. The van der Waals surface area contributed by atoms with Gasteiger partial charge in [0.25, 0.3) is 5.56 Å². The first-order chi connectivity index (χ1) is 16.0. The summed E-state index contributed by atoms with van der Waals surface area (Å²) in [5.41, 5.74) is 3.75. The summed E-state index contributed by atoms with van der Waals surface area (Å²) in [6.07, 6.45) is 0.435. The van der Waals surface area contributed by atoms with E-state index in [1.165, 1.54) is 15.9 Å². The highest BCUT2D eigenvalue weighted by Crippen LogP contribution is 2.25. The van der Waals surface area contributed by atoms with Crippen molar-refractivity contribution in [1.82, 2.24) is 24.4 Å². The van der Waals surface area contributed by atoms with Gasteiger partial charge in [-0.25, -0.2) is 4.98 Å². The summed E-state index contributed by atoms with van der Waals surface area (Å²) in [7, 11) is 0. The van der Waals surface area contributed by atoms with Crippen molar-refractivity contribution in [2.75, 3.05) is 26.2 Å². The van der Waals surface area contributed by atoms with Crippen molar-refractivity contribution < 1.29 is 4.79 Å². The number of benzene rings is 2. The normalized spacial score (nSPS) is 14.6. The zero-order chi connectivity index (χ0) is 22.8. The van der Waals surface area contributed by atoms with Gasteiger partial charge in [0.05, 0.1) is 12.1 Å². The third kappa shape index (κ3) is 4.86. The molecule has 0 bridgehead atoms. The van der Waals surface area contributed by atoms with Gasteiger partial charge >= 0.3 is 0 Å². The SMILES string of the molecule is Cc1cccc(-c2nn3c(=O)cc(CN4CCN(C(=O)Cc5ccccc5)CC4)nc3s2)c1. The molecule has 3 heterocycles. The van der Waals surface area contributed by atoms with E-state index in [1.54, 1.807) is 6.07 Å². The van der Waals surface area contributed by atoms with E-state index in [2.05, 4.69) is 16.1 Å². The third-order valence-electron chi connectivity index (χ3n) is 5.87. The van der Waals surface area contributed by atoms with E-state index in [0.717, 1.165) is 40.5 Å². The Morgan fingerprint density at radius 3 is 2.55 bits per heavy atom. The van der Waals surface area contributed by atoms with Gasteiger partial charge in [-0.15, -0.1) is 0 Å². The largest absolute Gasteiger partial charge is 0.340 e. The Balaban J connectivity index is 1.24. The van der Waals surface area contributed by atoms with Crippen molar-refractivity contribution in [3.05, 3.63) is 87.8 Å². The summed E-state index contributed by atoms with van der Waals surface area (Å²) in [5.74, 6) is 0.159. The lowest BCUT2D eigenvalue weighted by Crippen LogP contribution is -2.48. The molecule has 0 N–H and O–H groups in total. The summed E-state index contributed by atoms with van der Waals surface area (Å²) in [6.45, 7) is 5.52. The summed E-state index contributed by atoms with van der Waals surface area (Å²) in [5, 5.41) is 5.26. The molecule has 8 heteroatoms. The molecule has 33 heavy (non-hydrogen) atoms. The van der Waals surface area contributed by atoms with Crippen LogP contribution in [-0.2, 0) is 17.8 Å². The predicted molar refractivity (Wildman–Crippen MR) is 129 cm³/mol. The van der Waals surface area contributed by atoms with Crippen LogP contribution in [0.25, 0.3) is 15.5 Å². The van der Waals surface area contributed by atoms with Crippen LogP contribution in [0.15, 0.2) is 65.5 Å². The first kappa shape index (κ1) is 21.5. The van der Waals surface area contributed by atoms with Gasteiger partial charge in [-0.2, -0.15) is 9.61 Å². The third-order valence-corrected chi connectivity index (χ3v) is 6.83.